The number of hydrogen-bond donors (Lipinski definition) is 3. The Labute approximate surface area is 194 Å². The van der Waals surface area contributed by atoms with Crippen molar-refractivity contribution in [3.05, 3.63) is 65.2 Å². The number of para-hydroxylation sites is 2. The topological polar surface area (TPSA) is 115 Å². The number of halogens is 1. The molecule has 0 bridgehead atoms. The average Bonchev–Trinajstić information content (AvgIpc) is 3.44. The van der Waals surface area contributed by atoms with Crippen LogP contribution < -0.4 is 16.4 Å². The highest BCUT2D eigenvalue weighted by atomic mass is 32.1. The normalized spacial score (nSPS) is 12.7. The van der Waals surface area contributed by atoms with Gasteiger partial charge in [-0.15, -0.1) is 0 Å². The molecule has 0 aliphatic heterocycles. The summed E-state index contributed by atoms with van der Waals surface area (Å²) in [6, 6.07) is 7.75. The molecule has 0 saturated carbocycles. The van der Waals surface area contributed by atoms with Crippen molar-refractivity contribution in [2.45, 2.75) is 26.2 Å². The molecule has 172 valence electrons. The van der Waals surface area contributed by atoms with E-state index < -0.39 is 5.83 Å². The Balaban J connectivity index is 1.29. The van der Waals surface area contributed by atoms with Crippen LogP contribution in [0.3, 0.4) is 0 Å². The van der Waals surface area contributed by atoms with E-state index in [1.165, 1.54) is 23.7 Å². The van der Waals surface area contributed by atoms with Crippen molar-refractivity contribution >= 4 is 38.6 Å². The van der Waals surface area contributed by atoms with Crippen LogP contribution in [-0.4, -0.2) is 39.6 Å². The molecule has 0 amide bonds. The molecule has 0 atom stereocenters. The highest BCUT2D eigenvalue weighted by Gasteiger charge is 2.11. The van der Waals surface area contributed by atoms with Crippen LogP contribution in [0.1, 0.15) is 24.2 Å². The van der Waals surface area contributed by atoms with E-state index in [1.807, 2.05) is 31.2 Å². The summed E-state index contributed by atoms with van der Waals surface area (Å²) in [5.41, 5.74) is 8.30. The molecule has 0 aliphatic rings. The first-order valence-electron chi connectivity index (χ1n) is 10.8. The lowest BCUT2D eigenvalue weighted by Crippen LogP contribution is -2.20. The molecular formula is C23H26FN7OS. The largest absolute Gasteiger partial charge is 0.441 e. The van der Waals surface area contributed by atoms with Gasteiger partial charge in [0, 0.05) is 25.9 Å². The molecule has 0 saturated heterocycles. The van der Waals surface area contributed by atoms with Crippen molar-refractivity contribution in [1.29, 1.82) is 0 Å². The van der Waals surface area contributed by atoms with E-state index in [0.717, 1.165) is 52.8 Å². The number of nitrogens with zero attached hydrogens (tertiary/aromatic N) is 4. The van der Waals surface area contributed by atoms with Crippen LogP contribution in [0, 0.1) is 0 Å². The van der Waals surface area contributed by atoms with Crippen molar-refractivity contribution < 1.29 is 8.81 Å². The van der Waals surface area contributed by atoms with Gasteiger partial charge in [0.05, 0.1) is 17.2 Å². The Kier molecular flexibility index (Phi) is 7.59. The second-order valence-corrected chi connectivity index (χ2v) is 8.41. The highest BCUT2D eigenvalue weighted by molar-refractivity contribution is 7.18. The number of allylic oxidation sites excluding steroid dienone is 3. The number of hydrogen-bond acceptors (Lipinski definition) is 9. The molecular weight excluding hydrogens is 441 g/mol. The Morgan fingerprint density at radius 3 is 2.88 bits per heavy atom. The first kappa shape index (κ1) is 22.8. The number of rotatable bonds is 11. The number of benzene rings is 1. The molecule has 0 radical (unpaired) electrons. The van der Waals surface area contributed by atoms with Crippen molar-refractivity contribution in [2.24, 2.45) is 5.73 Å². The van der Waals surface area contributed by atoms with Gasteiger partial charge in [0.2, 0.25) is 0 Å². The lowest BCUT2D eigenvalue weighted by atomic mass is 10.3. The summed E-state index contributed by atoms with van der Waals surface area (Å²) in [7, 11) is 0. The monoisotopic (exact) mass is 467 g/mol. The minimum Gasteiger partial charge on any atom is -0.441 e. The lowest BCUT2D eigenvalue weighted by Gasteiger charge is -2.06. The fraction of sp³-hybridized carbons (Fsp3) is 0.304. The molecule has 4 rings (SSSR count). The number of nitrogens with one attached hydrogen (secondary N) is 2. The van der Waals surface area contributed by atoms with Crippen molar-refractivity contribution in [3.63, 3.8) is 0 Å². The molecule has 0 fully saturated rings. The highest BCUT2D eigenvalue weighted by Crippen LogP contribution is 2.25. The Morgan fingerprint density at radius 1 is 1.18 bits per heavy atom. The Bertz CT molecular complexity index is 1250. The van der Waals surface area contributed by atoms with E-state index in [-0.39, 0.29) is 12.2 Å². The van der Waals surface area contributed by atoms with E-state index in [1.54, 1.807) is 6.08 Å². The van der Waals surface area contributed by atoms with Crippen molar-refractivity contribution in [3.8, 4) is 0 Å². The Hall–Kier alpha value is -3.37. The zero-order valence-electron chi connectivity index (χ0n) is 18.3. The number of oxazole rings is 1. The van der Waals surface area contributed by atoms with Crippen LogP contribution in [0.25, 0.3) is 21.4 Å². The third kappa shape index (κ3) is 5.91. The third-order valence-electron chi connectivity index (χ3n) is 4.86. The van der Waals surface area contributed by atoms with Crippen molar-refractivity contribution in [2.75, 3.05) is 25.0 Å². The fourth-order valence-electron chi connectivity index (χ4n) is 3.17. The van der Waals surface area contributed by atoms with Gasteiger partial charge in [0.15, 0.2) is 17.3 Å². The molecule has 33 heavy (non-hydrogen) atoms. The summed E-state index contributed by atoms with van der Waals surface area (Å²) in [5.74, 6) is 0.823. The van der Waals surface area contributed by atoms with Gasteiger partial charge in [-0.25, -0.2) is 24.3 Å². The average molecular weight is 468 g/mol. The van der Waals surface area contributed by atoms with Gasteiger partial charge in [-0.05, 0) is 24.6 Å². The predicted molar refractivity (Wildman–Crippen MR) is 130 cm³/mol. The van der Waals surface area contributed by atoms with Gasteiger partial charge >= 0.3 is 0 Å². The second kappa shape index (κ2) is 11.0. The number of fused-ring (bicyclic) bond motifs is 2. The van der Waals surface area contributed by atoms with Gasteiger partial charge in [-0.3, -0.25) is 0 Å². The minimum absolute atomic E-state index is 0.116. The molecule has 4 aromatic rings. The van der Waals surface area contributed by atoms with E-state index in [2.05, 4.69) is 30.6 Å². The fourth-order valence-corrected chi connectivity index (χ4v) is 4.07. The van der Waals surface area contributed by atoms with Gasteiger partial charge in [0.1, 0.15) is 28.0 Å². The van der Waals surface area contributed by atoms with Gasteiger partial charge in [-0.1, -0.05) is 36.5 Å². The van der Waals surface area contributed by atoms with Crippen LogP contribution in [0.5, 0.6) is 0 Å². The molecule has 3 heterocycles. The summed E-state index contributed by atoms with van der Waals surface area (Å²) in [4.78, 5) is 18.5. The first-order valence-corrected chi connectivity index (χ1v) is 11.7. The second-order valence-electron chi connectivity index (χ2n) is 7.35. The zero-order valence-corrected chi connectivity index (χ0v) is 19.2. The van der Waals surface area contributed by atoms with Gasteiger partial charge < -0.3 is 20.8 Å². The van der Waals surface area contributed by atoms with Crippen LogP contribution in [-0.2, 0) is 12.8 Å². The number of anilines is 1. The summed E-state index contributed by atoms with van der Waals surface area (Å²) < 4.78 is 19.7. The quantitative estimate of drug-likeness (QED) is 0.223. The maximum atomic E-state index is 13.9. The van der Waals surface area contributed by atoms with E-state index >= 15 is 0 Å². The summed E-state index contributed by atoms with van der Waals surface area (Å²) in [6.45, 7) is 3.59. The Morgan fingerprint density at radius 2 is 2.03 bits per heavy atom. The van der Waals surface area contributed by atoms with E-state index in [0.29, 0.717) is 17.8 Å². The summed E-state index contributed by atoms with van der Waals surface area (Å²) in [6.07, 6.45) is 6.79. The SMILES string of the molecule is CC/C=C\C(F)=C(/N)CNc1ncnc2sc(CCNCCc3nc4ccccc4o3)nc12. The molecule has 0 unspecified atom stereocenters. The molecule has 3 aromatic heterocycles. The van der Waals surface area contributed by atoms with Crippen LogP contribution in [0.4, 0.5) is 10.2 Å². The zero-order chi connectivity index (χ0) is 23.0. The van der Waals surface area contributed by atoms with Crippen molar-refractivity contribution in [1.82, 2.24) is 25.3 Å². The maximum Gasteiger partial charge on any atom is 0.196 e. The summed E-state index contributed by atoms with van der Waals surface area (Å²) >= 11 is 1.52. The molecule has 0 aliphatic carbocycles. The van der Waals surface area contributed by atoms with E-state index in [4.69, 9.17) is 10.2 Å². The van der Waals surface area contributed by atoms with Crippen LogP contribution >= 0.6 is 11.3 Å². The van der Waals surface area contributed by atoms with Crippen LogP contribution in [0.2, 0.25) is 0 Å². The predicted octanol–water partition coefficient (Wildman–Crippen LogP) is 4.12. The number of nitrogens with two attached hydrogens (primary N) is 1. The number of thiazole rings is 1. The third-order valence-corrected chi connectivity index (χ3v) is 5.89. The summed E-state index contributed by atoms with van der Waals surface area (Å²) in [5, 5.41) is 7.41. The standard InChI is InChI=1S/C23H26FN7OS/c1-2-3-6-15(24)16(25)13-27-22-21-23(29-14-28-22)33-20(31-21)10-12-26-11-9-19-30-17-7-4-5-8-18(17)32-19/h3-8,14,26H,2,9-13,25H2,1H3,(H,27,28,29)/b6-3-,16-15+. The first-order chi connectivity index (χ1) is 16.1. The smallest absolute Gasteiger partial charge is 0.196 e. The lowest BCUT2D eigenvalue weighted by molar-refractivity contribution is 0.515. The molecule has 8 nitrogen and oxygen atoms in total. The van der Waals surface area contributed by atoms with Gasteiger partial charge in [-0.2, -0.15) is 0 Å². The van der Waals surface area contributed by atoms with E-state index in [9.17, 15) is 4.39 Å². The molecule has 1 aromatic carbocycles. The minimum atomic E-state index is -0.447. The maximum absolute atomic E-state index is 13.9. The molecule has 4 N–H and O–H groups in total. The van der Waals surface area contributed by atoms with Gasteiger partial charge in [0.25, 0.3) is 0 Å². The van der Waals surface area contributed by atoms with Crippen LogP contribution in [0.15, 0.2) is 58.7 Å². The number of aromatic nitrogens is 4. The molecule has 0 spiro atoms. The molecule has 10 heteroatoms.